The largest absolute Gasteiger partial charge is 0.481 e. The maximum Gasteiger partial charge on any atom is 0.334 e. The van der Waals surface area contributed by atoms with E-state index in [2.05, 4.69) is 0 Å². The number of aliphatic carboxylic acids is 2. The Balaban J connectivity index is 3.31. The first-order chi connectivity index (χ1) is 7.36. The van der Waals surface area contributed by atoms with Crippen molar-refractivity contribution >= 4 is 11.9 Å². The van der Waals surface area contributed by atoms with E-state index >= 15 is 0 Å². The van der Waals surface area contributed by atoms with E-state index < -0.39 is 34.7 Å². The Morgan fingerprint density at radius 1 is 1.56 bits per heavy atom. The second-order valence-electron chi connectivity index (χ2n) is 3.67. The number of hydrogen-bond donors (Lipinski definition) is 3. The summed E-state index contributed by atoms with van der Waals surface area (Å²) in [6, 6.07) is 0. The van der Waals surface area contributed by atoms with E-state index in [0.29, 0.717) is 0 Å². The molecule has 0 aliphatic heterocycles. The highest BCUT2D eigenvalue weighted by Gasteiger charge is 2.46. The molecule has 0 aromatic heterocycles. The van der Waals surface area contributed by atoms with E-state index in [-0.39, 0.29) is 6.54 Å². The number of nitrogens with two attached hydrogens (primary N) is 1. The van der Waals surface area contributed by atoms with Crippen LogP contribution < -0.4 is 5.73 Å². The van der Waals surface area contributed by atoms with E-state index in [0.717, 1.165) is 12.2 Å². The molecule has 6 heteroatoms. The van der Waals surface area contributed by atoms with Crippen molar-refractivity contribution in [2.75, 3.05) is 6.54 Å². The number of allylic oxidation sites excluding steroid dienone is 2. The molecule has 1 aliphatic carbocycles. The topological polar surface area (TPSA) is 101 Å². The molecule has 0 aromatic carbocycles. The van der Waals surface area contributed by atoms with Crippen LogP contribution >= 0.6 is 0 Å². The molecule has 2 unspecified atom stereocenters. The molecule has 5 nitrogen and oxygen atoms in total. The van der Waals surface area contributed by atoms with Crippen LogP contribution in [-0.2, 0) is 9.59 Å². The summed E-state index contributed by atoms with van der Waals surface area (Å²) in [7, 11) is 0. The van der Waals surface area contributed by atoms with Crippen LogP contribution in [0.4, 0.5) is 4.39 Å². The number of halogens is 1. The van der Waals surface area contributed by atoms with Crippen LogP contribution in [0.3, 0.4) is 0 Å². The molecule has 0 bridgehead atoms. The predicted octanol–water partition coefficient (Wildman–Crippen LogP) is 0.530. The maximum absolute atomic E-state index is 13.3. The fourth-order valence-electron chi connectivity index (χ4n) is 1.80. The third kappa shape index (κ3) is 1.61. The van der Waals surface area contributed by atoms with Crippen molar-refractivity contribution in [3.63, 3.8) is 0 Å². The molecule has 0 saturated carbocycles. The highest BCUT2D eigenvalue weighted by molar-refractivity contribution is 5.92. The molecule has 2 atom stereocenters. The lowest BCUT2D eigenvalue weighted by atomic mass is 9.69. The Labute approximate surface area is 91.1 Å². The highest BCUT2D eigenvalue weighted by Crippen LogP contribution is 2.40. The van der Waals surface area contributed by atoms with Crippen molar-refractivity contribution in [1.29, 1.82) is 0 Å². The summed E-state index contributed by atoms with van der Waals surface area (Å²) in [6.45, 7) is 1.05. The Hall–Kier alpha value is -1.69. The van der Waals surface area contributed by atoms with Crippen LogP contribution in [-0.4, -0.2) is 28.7 Å². The molecule has 0 heterocycles. The van der Waals surface area contributed by atoms with Gasteiger partial charge in [-0.1, -0.05) is 13.0 Å². The van der Waals surface area contributed by atoms with Crippen molar-refractivity contribution in [2.24, 2.45) is 17.1 Å². The van der Waals surface area contributed by atoms with E-state index in [1.165, 1.54) is 6.92 Å². The molecule has 0 fully saturated rings. The first-order valence-corrected chi connectivity index (χ1v) is 4.62. The molecule has 0 saturated heterocycles. The lowest BCUT2D eigenvalue weighted by Crippen LogP contribution is -2.45. The van der Waals surface area contributed by atoms with Gasteiger partial charge >= 0.3 is 11.9 Å². The summed E-state index contributed by atoms with van der Waals surface area (Å²) < 4.78 is 13.3. The number of carboxylic acids is 2. The summed E-state index contributed by atoms with van der Waals surface area (Å²) in [6.07, 6.45) is 1.96. The first kappa shape index (κ1) is 12.4. The predicted molar refractivity (Wildman–Crippen MR) is 53.2 cm³/mol. The van der Waals surface area contributed by atoms with Crippen LogP contribution in [0.1, 0.15) is 6.92 Å². The third-order valence-electron chi connectivity index (χ3n) is 2.96. The van der Waals surface area contributed by atoms with Crippen LogP contribution in [0.2, 0.25) is 0 Å². The van der Waals surface area contributed by atoms with E-state index in [9.17, 15) is 14.0 Å². The van der Waals surface area contributed by atoms with Crippen molar-refractivity contribution < 1.29 is 24.2 Å². The van der Waals surface area contributed by atoms with Gasteiger partial charge in [0.15, 0.2) is 0 Å². The molecule has 4 N–H and O–H groups in total. The minimum atomic E-state index is -1.55. The highest BCUT2D eigenvalue weighted by atomic mass is 19.1. The number of hydrogen-bond acceptors (Lipinski definition) is 3. The van der Waals surface area contributed by atoms with Crippen LogP contribution in [0, 0.1) is 11.3 Å². The van der Waals surface area contributed by atoms with E-state index in [4.69, 9.17) is 15.9 Å². The van der Waals surface area contributed by atoms with Gasteiger partial charge in [-0.05, 0) is 6.08 Å². The molecule has 1 aliphatic rings. The summed E-state index contributed by atoms with van der Waals surface area (Å²) in [5.74, 6) is -4.67. The first-order valence-electron chi connectivity index (χ1n) is 4.62. The van der Waals surface area contributed by atoms with Gasteiger partial charge in [0.05, 0.1) is 5.57 Å². The van der Waals surface area contributed by atoms with Gasteiger partial charge < -0.3 is 15.9 Å². The summed E-state index contributed by atoms with van der Waals surface area (Å²) in [5.41, 5.74) is 3.27. The standard InChI is InChI=1S/C10H12FNO4/c1-5-7(8(13)14)6(11)2-3-10(5,4-12)9(15)16/h2-3,5H,4,12H2,1H3,(H,13,14)(H,15,16). The molecule has 88 valence electrons. The average Bonchev–Trinajstić information content (AvgIpc) is 2.17. The van der Waals surface area contributed by atoms with Crippen LogP contribution in [0.5, 0.6) is 0 Å². The molecule has 1 rings (SSSR count). The fraction of sp³-hybridized carbons (Fsp3) is 0.400. The number of carbonyl (C=O) groups is 2. The van der Waals surface area contributed by atoms with Crippen LogP contribution in [0.25, 0.3) is 0 Å². The summed E-state index contributed by atoms with van der Waals surface area (Å²) in [4.78, 5) is 22.0. The quantitative estimate of drug-likeness (QED) is 0.655. The van der Waals surface area contributed by atoms with Gasteiger partial charge in [-0.15, -0.1) is 0 Å². The zero-order valence-corrected chi connectivity index (χ0v) is 8.61. The molecule has 0 radical (unpaired) electrons. The minimum Gasteiger partial charge on any atom is -0.481 e. The van der Waals surface area contributed by atoms with E-state index in [1.54, 1.807) is 0 Å². The Morgan fingerprint density at radius 3 is 2.50 bits per heavy atom. The Morgan fingerprint density at radius 2 is 2.12 bits per heavy atom. The van der Waals surface area contributed by atoms with Gasteiger partial charge in [0.25, 0.3) is 0 Å². The van der Waals surface area contributed by atoms with Gasteiger partial charge in [-0.3, -0.25) is 4.79 Å². The number of carboxylic acid groups (broad SMARTS) is 2. The van der Waals surface area contributed by atoms with Gasteiger partial charge in [0.1, 0.15) is 11.2 Å². The lowest BCUT2D eigenvalue weighted by molar-refractivity contribution is -0.148. The second kappa shape index (κ2) is 4.05. The average molecular weight is 229 g/mol. The van der Waals surface area contributed by atoms with Crippen molar-refractivity contribution in [1.82, 2.24) is 0 Å². The molecule has 0 spiro atoms. The van der Waals surface area contributed by atoms with Gasteiger partial charge in [0.2, 0.25) is 0 Å². The van der Waals surface area contributed by atoms with Gasteiger partial charge in [-0.25, -0.2) is 9.18 Å². The minimum absolute atomic E-state index is 0.288. The van der Waals surface area contributed by atoms with Gasteiger partial charge in [0, 0.05) is 12.5 Å². The summed E-state index contributed by atoms with van der Waals surface area (Å²) >= 11 is 0. The fourth-order valence-corrected chi connectivity index (χ4v) is 1.80. The number of rotatable bonds is 3. The van der Waals surface area contributed by atoms with Gasteiger partial charge in [-0.2, -0.15) is 0 Å². The third-order valence-corrected chi connectivity index (χ3v) is 2.96. The zero-order chi connectivity index (χ0) is 12.5. The monoisotopic (exact) mass is 229 g/mol. The van der Waals surface area contributed by atoms with Crippen molar-refractivity contribution in [3.05, 3.63) is 23.6 Å². The molecule has 0 aromatic rings. The maximum atomic E-state index is 13.3. The van der Waals surface area contributed by atoms with Crippen molar-refractivity contribution in [2.45, 2.75) is 6.92 Å². The normalized spacial score (nSPS) is 29.3. The smallest absolute Gasteiger partial charge is 0.334 e. The van der Waals surface area contributed by atoms with E-state index in [1.807, 2.05) is 0 Å². The molecular weight excluding hydrogens is 217 g/mol. The van der Waals surface area contributed by atoms with Crippen molar-refractivity contribution in [3.8, 4) is 0 Å². The SMILES string of the molecule is CC1C(C(=O)O)=C(F)C=CC1(CN)C(=O)O. The Kier molecular flexibility index (Phi) is 3.14. The molecular formula is C10H12FNO4. The molecule has 16 heavy (non-hydrogen) atoms. The second-order valence-corrected chi connectivity index (χ2v) is 3.67. The molecule has 0 amide bonds. The Bertz CT molecular complexity index is 402. The van der Waals surface area contributed by atoms with Crippen LogP contribution in [0.15, 0.2) is 23.6 Å². The lowest BCUT2D eigenvalue weighted by Gasteiger charge is -2.33. The zero-order valence-electron chi connectivity index (χ0n) is 8.61. The summed E-state index contributed by atoms with van der Waals surface area (Å²) in [5, 5.41) is 17.9.